The molecule has 3 heteroatoms. The van der Waals surface area contributed by atoms with Crippen molar-refractivity contribution >= 4 is 33.3 Å². The minimum absolute atomic E-state index is 0.157. The summed E-state index contributed by atoms with van der Waals surface area (Å²) < 4.78 is 0. The van der Waals surface area contributed by atoms with Gasteiger partial charge in [-0.25, -0.2) is 0 Å². The molecule has 0 bridgehead atoms. The molecule has 0 radical (unpaired) electrons. The summed E-state index contributed by atoms with van der Waals surface area (Å²) in [6.45, 7) is 0. The quantitative estimate of drug-likeness (QED) is 0.492. The van der Waals surface area contributed by atoms with E-state index in [-0.39, 0.29) is 5.25 Å². The first-order valence-corrected chi connectivity index (χ1v) is 8.16. The van der Waals surface area contributed by atoms with Gasteiger partial charge in [-0.05, 0) is 32.7 Å². The number of rotatable bonds is 0. The van der Waals surface area contributed by atoms with Crippen LogP contribution in [0.4, 0.5) is 0 Å². The molecule has 0 saturated carbocycles. The van der Waals surface area contributed by atoms with Crippen LogP contribution in [-0.4, -0.2) is 21.6 Å². The van der Waals surface area contributed by atoms with Gasteiger partial charge in [0.2, 0.25) is 0 Å². The molecule has 2 nitrogen and oxygen atoms in total. The maximum Gasteiger partial charge on any atom is 0.106 e. The van der Waals surface area contributed by atoms with E-state index in [1.807, 2.05) is 6.07 Å². The zero-order chi connectivity index (χ0) is 14.1. The van der Waals surface area contributed by atoms with Crippen LogP contribution in [0.2, 0.25) is 0 Å². The molecule has 0 unspecified atom stereocenters. The van der Waals surface area contributed by atoms with Crippen LogP contribution in [0.25, 0.3) is 21.5 Å². The molecule has 1 heterocycles. The zero-order valence-corrected chi connectivity index (χ0v) is 12.0. The van der Waals surface area contributed by atoms with Crippen molar-refractivity contribution in [2.75, 3.05) is 0 Å². The van der Waals surface area contributed by atoms with Gasteiger partial charge in [0, 0.05) is 5.25 Å². The highest BCUT2D eigenvalue weighted by Gasteiger charge is 2.53. The molecule has 2 aliphatic rings. The maximum atomic E-state index is 10.3. The normalized spacial score (nSPS) is 30.2. The highest BCUT2D eigenvalue weighted by Crippen LogP contribution is 2.63. The number of hydrogen-bond acceptors (Lipinski definition) is 3. The van der Waals surface area contributed by atoms with Crippen molar-refractivity contribution in [3.05, 3.63) is 59.7 Å². The molecule has 0 aromatic heterocycles. The average Bonchev–Trinajstić information content (AvgIpc) is 3.32. The Kier molecular flexibility index (Phi) is 2.30. The summed E-state index contributed by atoms with van der Waals surface area (Å²) in [6.07, 6.45) is -1.39. The predicted octanol–water partition coefficient (Wildman–Crippen LogP) is 3.56. The lowest BCUT2D eigenvalue weighted by molar-refractivity contribution is 0.0163. The predicted molar refractivity (Wildman–Crippen MR) is 86.5 cm³/mol. The third-order valence-corrected chi connectivity index (χ3v) is 6.16. The van der Waals surface area contributed by atoms with Gasteiger partial charge in [-0.15, -0.1) is 11.8 Å². The summed E-state index contributed by atoms with van der Waals surface area (Å²) in [5.74, 6) is 0. The Morgan fingerprint density at radius 2 is 1.62 bits per heavy atom. The molecule has 1 aliphatic heterocycles. The first-order valence-electron chi connectivity index (χ1n) is 7.21. The van der Waals surface area contributed by atoms with Gasteiger partial charge in [0.25, 0.3) is 0 Å². The molecule has 3 aromatic rings. The first kappa shape index (κ1) is 12.0. The topological polar surface area (TPSA) is 40.5 Å². The largest absolute Gasteiger partial charge is 0.389 e. The van der Waals surface area contributed by atoms with E-state index in [4.69, 9.17) is 0 Å². The maximum absolute atomic E-state index is 10.3. The Hall–Kier alpha value is -1.55. The molecule has 0 spiro atoms. The van der Waals surface area contributed by atoms with Crippen LogP contribution in [0.1, 0.15) is 22.5 Å². The van der Waals surface area contributed by atoms with Crippen LogP contribution < -0.4 is 0 Å². The van der Waals surface area contributed by atoms with E-state index in [0.29, 0.717) is 5.25 Å². The Morgan fingerprint density at radius 1 is 0.810 bits per heavy atom. The summed E-state index contributed by atoms with van der Waals surface area (Å²) in [5, 5.41) is 25.9. The lowest BCUT2D eigenvalue weighted by atomic mass is 9.83. The molecule has 1 aliphatic carbocycles. The lowest BCUT2D eigenvalue weighted by Gasteiger charge is -2.26. The first-order chi connectivity index (χ1) is 10.3. The van der Waals surface area contributed by atoms with Crippen LogP contribution in [-0.2, 0) is 0 Å². The van der Waals surface area contributed by atoms with E-state index in [2.05, 4.69) is 42.5 Å². The number of fused-ring (bicyclic) bond motifs is 7. The summed E-state index contributed by atoms with van der Waals surface area (Å²) in [5.41, 5.74) is 2.13. The Balaban J connectivity index is 1.89. The molecular formula is C18H14O2S. The van der Waals surface area contributed by atoms with Crippen molar-refractivity contribution < 1.29 is 10.2 Å². The molecule has 2 N–H and O–H groups in total. The van der Waals surface area contributed by atoms with E-state index >= 15 is 0 Å². The van der Waals surface area contributed by atoms with Crippen LogP contribution in [0.15, 0.2) is 48.5 Å². The van der Waals surface area contributed by atoms with Crippen LogP contribution in [0, 0.1) is 0 Å². The molecule has 4 atom stereocenters. The standard InChI is InChI=1S/C18H14O2S/c19-15-13-8-7-11-10-4-2-1-3-9(10)5-6-12(11)14(13)17-18(21-17)16(15)20/h1-8,15-20H/t15-,16+,17-,18+/m1/s1. The molecule has 21 heavy (non-hydrogen) atoms. The smallest absolute Gasteiger partial charge is 0.106 e. The number of thioether (sulfide) groups is 1. The van der Waals surface area contributed by atoms with E-state index in [0.717, 1.165) is 5.56 Å². The van der Waals surface area contributed by atoms with Gasteiger partial charge >= 0.3 is 0 Å². The van der Waals surface area contributed by atoms with Crippen LogP contribution in [0.5, 0.6) is 0 Å². The fourth-order valence-corrected chi connectivity index (χ4v) is 4.94. The van der Waals surface area contributed by atoms with E-state index in [1.165, 1.54) is 27.1 Å². The van der Waals surface area contributed by atoms with Crippen molar-refractivity contribution in [1.82, 2.24) is 0 Å². The lowest BCUT2D eigenvalue weighted by Crippen LogP contribution is -2.28. The molecule has 1 fully saturated rings. The fraction of sp³-hybridized carbons (Fsp3) is 0.222. The third-order valence-electron chi connectivity index (χ3n) is 4.79. The zero-order valence-electron chi connectivity index (χ0n) is 11.2. The molecular weight excluding hydrogens is 280 g/mol. The van der Waals surface area contributed by atoms with Crippen molar-refractivity contribution in [3.8, 4) is 0 Å². The number of hydrogen-bond donors (Lipinski definition) is 2. The van der Waals surface area contributed by atoms with Crippen molar-refractivity contribution in [3.63, 3.8) is 0 Å². The Bertz CT molecular complexity index is 889. The van der Waals surface area contributed by atoms with Gasteiger partial charge in [0.1, 0.15) is 6.10 Å². The summed E-state index contributed by atoms with van der Waals surface area (Å²) in [7, 11) is 0. The highest BCUT2D eigenvalue weighted by molar-refractivity contribution is 8.07. The average molecular weight is 294 g/mol. The Labute approximate surface area is 126 Å². The number of aliphatic hydroxyl groups is 2. The highest BCUT2D eigenvalue weighted by atomic mass is 32.2. The molecule has 0 amide bonds. The van der Waals surface area contributed by atoms with Crippen LogP contribution in [0.3, 0.4) is 0 Å². The van der Waals surface area contributed by atoms with Gasteiger partial charge in [-0.3, -0.25) is 0 Å². The second kappa shape index (κ2) is 4.01. The number of aliphatic hydroxyl groups excluding tert-OH is 2. The fourth-order valence-electron chi connectivity index (χ4n) is 3.68. The van der Waals surface area contributed by atoms with Crippen LogP contribution >= 0.6 is 11.8 Å². The SMILES string of the molecule is O[C@@H]1[C@@H]2S[C@@H]2c2c(ccc3c2ccc2ccccc23)[C@H]1O. The monoisotopic (exact) mass is 294 g/mol. The van der Waals surface area contributed by atoms with Gasteiger partial charge in [0.15, 0.2) is 0 Å². The van der Waals surface area contributed by atoms with Gasteiger partial charge in [-0.1, -0.05) is 48.5 Å². The molecule has 3 aromatic carbocycles. The van der Waals surface area contributed by atoms with Crippen molar-refractivity contribution in [2.24, 2.45) is 0 Å². The summed E-state index contributed by atoms with van der Waals surface area (Å²) in [6, 6.07) is 16.8. The molecule has 1 saturated heterocycles. The van der Waals surface area contributed by atoms with Gasteiger partial charge in [-0.2, -0.15) is 0 Å². The third kappa shape index (κ3) is 1.51. The van der Waals surface area contributed by atoms with Crippen molar-refractivity contribution in [1.29, 1.82) is 0 Å². The molecule has 104 valence electrons. The number of benzene rings is 3. The second-order valence-electron chi connectivity index (χ2n) is 5.91. The van der Waals surface area contributed by atoms with E-state index in [9.17, 15) is 10.2 Å². The summed E-state index contributed by atoms with van der Waals surface area (Å²) >= 11 is 1.76. The van der Waals surface area contributed by atoms with Crippen molar-refractivity contribution in [2.45, 2.75) is 22.7 Å². The minimum atomic E-state index is -0.757. The summed E-state index contributed by atoms with van der Waals surface area (Å²) in [4.78, 5) is 0. The second-order valence-corrected chi connectivity index (χ2v) is 7.23. The molecule has 5 rings (SSSR count). The van der Waals surface area contributed by atoms with Gasteiger partial charge < -0.3 is 10.2 Å². The Morgan fingerprint density at radius 3 is 2.52 bits per heavy atom. The minimum Gasteiger partial charge on any atom is -0.389 e. The van der Waals surface area contributed by atoms with Gasteiger partial charge in [0.05, 0.1) is 11.4 Å². The van der Waals surface area contributed by atoms with E-state index < -0.39 is 12.2 Å². The van der Waals surface area contributed by atoms with E-state index in [1.54, 1.807) is 11.8 Å².